The van der Waals surface area contributed by atoms with E-state index in [1.54, 1.807) is 0 Å². The van der Waals surface area contributed by atoms with Crippen LogP contribution in [0.2, 0.25) is 5.02 Å². The zero-order valence-corrected chi connectivity index (χ0v) is 12.3. The summed E-state index contributed by atoms with van der Waals surface area (Å²) in [6, 6.07) is 3.72. The van der Waals surface area contributed by atoms with Gasteiger partial charge in [-0.1, -0.05) is 29.8 Å². The first-order valence-corrected chi connectivity index (χ1v) is 7.25. The highest BCUT2D eigenvalue weighted by Gasteiger charge is 2.18. The molecule has 104 valence electrons. The molecule has 8 heteroatoms. The summed E-state index contributed by atoms with van der Waals surface area (Å²) in [7, 11) is -2.40. The summed E-state index contributed by atoms with van der Waals surface area (Å²) in [5, 5.41) is 0.226. The predicted molar refractivity (Wildman–Crippen MR) is 73.0 cm³/mol. The molecule has 0 unspecified atom stereocenters. The topological polar surface area (TPSA) is 72.5 Å². The fourth-order valence-electron chi connectivity index (χ4n) is 1.17. The molecule has 5 nitrogen and oxygen atoms in total. The molecule has 0 atom stereocenters. The molecule has 0 aliphatic carbocycles. The highest BCUT2D eigenvalue weighted by molar-refractivity contribution is 7.89. The van der Waals surface area contributed by atoms with Gasteiger partial charge in [0.05, 0.1) is 15.5 Å². The quantitative estimate of drug-likeness (QED) is 0.843. The van der Waals surface area contributed by atoms with Crippen LogP contribution in [0.25, 0.3) is 0 Å². The number of sulfonamides is 1. The van der Waals surface area contributed by atoms with Gasteiger partial charge in [0, 0.05) is 5.03 Å². The van der Waals surface area contributed by atoms with E-state index in [4.69, 9.17) is 27.9 Å². The lowest BCUT2D eigenvalue weighted by Gasteiger charge is -2.08. The van der Waals surface area contributed by atoms with Crippen molar-refractivity contribution in [2.24, 2.45) is 0 Å². The fourth-order valence-corrected chi connectivity index (χ4v) is 2.17. The monoisotopic (exact) mass is 323 g/mol. The SMILES string of the molecule is C=C(Cl)COC(=O)c1cc(S(=O)(=O)NC)ccc1Cl. The van der Waals surface area contributed by atoms with Gasteiger partial charge in [0.1, 0.15) is 6.61 Å². The molecular weight excluding hydrogens is 313 g/mol. The van der Waals surface area contributed by atoms with E-state index in [-0.39, 0.29) is 27.1 Å². The van der Waals surface area contributed by atoms with Gasteiger partial charge in [0.15, 0.2) is 0 Å². The van der Waals surface area contributed by atoms with Crippen LogP contribution in [0.4, 0.5) is 0 Å². The molecule has 0 amide bonds. The second-order valence-electron chi connectivity index (χ2n) is 3.44. The summed E-state index contributed by atoms with van der Waals surface area (Å²) in [6.07, 6.45) is 0. The molecular formula is C11H11Cl2NO4S. The molecule has 19 heavy (non-hydrogen) atoms. The summed E-state index contributed by atoms with van der Waals surface area (Å²) in [5.74, 6) is -0.778. The maximum atomic E-state index is 11.7. The van der Waals surface area contributed by atoms with E-state index in [1.165, 1.54) is 19.2 Å². The maximum absolute atomic E-state index is 11.7. The lowest BCUT2D eigenvalue weighted by molar-refractivity contribution is 0.0546. The molecule has 1 N–H and O–H groups in total. The third-order valence-corrected chi connectivity index (χ3v) is 3.95. The molecule has 0 saturated carbocycles. The number of carbonyl (C=O) groups is 1. The van der Waals surface area contributed by atoms with Crippen molar-refractivity contribution in [1.29, 1.82) is 0 Å². The molecule has 0 spiro atoms. The normalized spacial score (nSPS) is 11.1. The zero-order valence-electron chi connectivity index (χ0n) is 9.94. The van der Waals surface area contributed by atoms with Crippen LogP contribution in [0, 0.1) is 0 Å². The molecule has 0 heterocycles. The van der Waals surface area contributed by atoms with Crippen LogP contribution in [0.1, 0.15) is 10.4 Å². The number of halogens is 2. The van der Waals surface area contributed by atoms with Crippen LogP contribution >= 0.6 is 23.2 Å². The van der Waals surface area contributed by atoms with Gasteiger partial charge in [0.2, 0.25) is 10.0 Å². The van der Waals surface area contributed by atoms with Crippen LogP contribution in [0.15, 0.2) is 34.7 Å². The van der Waals surface area contributed by atoms with Crippen molar-refractivity contribution < 1.29 is 17.9 Å². The Labute approximate surface area is 121 Å². The Kier molecular flexibility index (Phi) is 5.37. The highest BCUT2D eigenvalue weighted by atomic mass is 35.5. The second-order valence-corrected chi connectivity index (χ2v) is 6.27. The first-order valence-electron chi connectivity index (χ1n) is 5.01. The van der Waals surface area contributed by atoms with Gasteiger partial charge < -0.3 is 4.74 Å². The third kappa shape index (κ3) is 4.21. The number of nitrogens with one attached hydrogen (secondary N) is 1. The molecule has 0 aromatic heterocycles. The molecule has 1 rings (SSSR count). The lowest BCUT2D eigenvalue weighted by Crippen LogP contribution is -2.19. The minimum absolute atomic E-state index is 0.0593. The summed E-state index contributed by atoms with van der Waals surface area (Å²) in [4.78, 5) is 11.6. The van der Waals surface area contributed by atoms with Gasteiger partial charge in [-0.3, -0.25) is 0 Å². The molecule has 0 saturated heterocycles. The number of rotatable bonds is 5. The molecule has 1 aromatic rings. The van der Waals surface area contributed by atoms with Gasteiger partial charge in [-0.2, -0.15) is 0 Å². The van der Waals surface area contributed by atoms with Gasteiger partial charge in [-0.05, 0) is 25.2 Å². The number of carbonyl (C=O) groups excluding carboxylic acids is 1. The summed E-state index contributed by atoms with van der Waals surface area (Å²) in [5.41, 5.74) is -0.0593. The van der Waals surface area contributed by atoms with Gasteiger partial charge in [-0.15, -0.1) is 0 Å². The Morgan fingerprint density at radius 1 is 1.47 bits per heavy atom. The number of hydrogen-bond donors (Lipinski definition) is 1. The summed E-state index contributed by atoms with van der Waals surface area (Å²) < 4.78 is 30.2. The fraction of sp³-hybridized carbons (Fsp3) is 0.182. The van der Waals surface area contributed by atoms with E-state index < -0.39 is 16.0 Å². The van der Waals surface area contributed by atoms with Crippen molar-refractivity contribution in [2.75, 3.05) is 13.7 Å². The van der Waals surface area contributed by atoms with E-state index in [2.05, 4.69) is 11.3 Å². The molecule has 0 radical (unpaired) electrons. The molecule has 1 aromatic carbocycles. The largest absolute Gasteiger partial charge is 0.456 e. The Balaban J connectivity index is 3.11. The average Bonchev–Trinajstić information content (AvgIpc) is 2.36. The number of hydrogen-bond acceptors (Lipinski definition) is 4. The number of ether oxygens (including phenoxy) is 1. The van der Waals surface area contributed by atoms with Crippen molar-refractivity contribution in [3.05, 3.63) is 40.4 Å². The van der Waals surface area contributed by atoms with Crippen molar-refractivity contribution in [1.82, 2.24) is 4.72 Å². The van der Waals surface area contributed by atoms with Gasteiger partial charge >= 0.3 is 5.97 Å². The lowest BCUT2D eigenvalue weighted by atomic mass is 10.2. The Morgan fingerprint density at radius 2 is 2.11 bits per heavy atom. The van der Waals surface area contributed by atoms with E-state index >= 15 is 0 Å². The van der Waals surface area contributed by atoms with E-state index in [0.717, 1.165) is 6.07 Å². The maximum Gasteiger partial charge on any atom is 0.340 e. The highest BCUT2D eigenvalue weighted by Crippen LogP contribution is 2.21. The van der Waals surface area contributed by atoms with E-state index in [0.29, 0.717) is 0 Å². The van der Waals surface area contributed by atoms with Crippen molar-refractivity contribution >= 4 is 39.2 Å². The first kappa shape index (κ1) is 16.0. The van der Waals surface area contributed by atoms with Gasteiger partial charge in [-0.25, -0.2) is 17.9 Å². The summed E-state index contributed by atoms with van der Waals surface area (Å²) >= 11 is 11.3. The molecule has 0 fully saturated rings. The molecule has 0 bridgehead atoms. The average molecular weight is 324 g/mol. The van der Waals surface area contributed by atoms with E-state index in [1.807, 2.05) is 0 Å². The molecule has 0 aliphatic heterocycles. The third-order valence-electron chi connectivity index (χ3n) is 2.10. The van der Waals surface area contributed by atoms with Crippen LogP contribution < -0.4 is 4.72 Å². The zero-order chi connectivity index (χ0) is 14.6. The summed E-state index contributed by atoms with van der Waals surface area (Å²) in [6.45, 7) is 3.18. The standard InChI is InChI=1S/C11H11Cl2NO4S/c1-7(12)6-18-11(15)9-5-8(3-4-10(9)13)19(16,17)14-2/h3-5,14H,1,6H2,2H3. The van der Waals surface area contributed by atoms with E-state index in [9.17, 15) is 13.2 Å². The number of benzene rings is 1. The van der Waals surface area contributed by atoms with Crippen molar-refractivity contribution in [3.8, 4) is 0 Å². The molecule has 0 aliphatic rings. The van der Waals surface area contributed by atoms with Crippen LogP contribution in [0.3, 0.4) is 0 Å². The number of esters is 1. The Hall–Kier alpha value is -1.08. The minimum atomic E-state index is -3.66. The van der Waals surface area contributed by atoms with Crippen LogP contribution in [-0.2, 0) is 14.8 Å². The first-order chi connectivity index (χ1) is 8.77. The Bertz CT molecular complexity index is 613. The van der Waals surface area contributed by atoms with Crippen molar-refractivity contribution in [3.63, 3.8) is 0 Å². The van der Waals surface area contributed by atoms with Crippen molar-refractivity contribution in [2.45, 2.75) is 4.90 Å². The van der Waals surface area contributed by atoms with Crippen LogP contribution in [-0.4, -0.2) is 28.0 Å². The minimum Gasteiger partial charge on any atom is -0.456 e. The second kappa shape index (κ2) is 6.38. The Morgan fingerprint density at radius 3 is 2.63 bits per heavy atom. The van der Waals surface area contributed by atoms with Gasteiger partial charge in [0.25, 0.3) is 0 Å². The smallest absolute Gasteiger partial charge is 0.340 e. The van der Waals surface area contributed by atoms with Crippen LogP contribution in [0.5, 0.6) is 0 Å². The predicted octanol–water partition coefficient (Wildman–Crippen LogP) is 2.16.